The van der Waals surface area contributed by atoms with E-state index in [-0.39, 0.29) is 17.9 Å². The fraction of sp³-hybridized carbons (Fsp3) is 0.200. The summed E-state index contributed by atoms with van der Waals surface area (Å²) in [6.45, 7) is 0.585. The number of para-hydroxylation sites is 1. The van der Waals surface area contributed by atoms with Gasteiger partial charge in [-0.3, -0.25) is 9.69 Å². The number of hydrogen-bond acceptors (Lipinski definition) is 5. The van der Waals surface area contributed by atoms with Crippen LogP contribution in [0.3, 0.4) is 0 Å². The van der Waals surface area contributed by atoms with E-state index >= 15 is 0 Å². The van der Waals surface area contributed by atoms with Crippen molar-refractivity contribution in [1.29, 1.82) is 0 Å². The van der Waals surface area contributed by atoms with Crippen LogP contribution in [0.2, 0.25) is 0 Å². The van der Waals surface area contributed by atoms with Gasteiger partial charge >= 0.3 is 6.09 Å². The molecule has 2 amide bonds. The number of aromatic hydroxyl groups is 1. The summed E-state index contributed by atoms with van der Waals surface area (Å²) in [5.41, 5.74) is 0.196. The molecular weight excluding hydrogens is 304 g/mol. The van der Waals surface area contributed by atoms with E-state index in [1.165, 1.54) is 23.5 Å². The van der Waals surface area contributed by atoms with Gasteiger partial charge in [0.25, 0.3) is 5.91 Å². The Bertz CT molecular complexity index is 687. The van der Waals surface area contributed by atoms with Crippen molar-refractivity contribution in [3.63, 3.8) is 0 Å². The minimum absolute atomic E-state index is 0.0800. The van der Waals surface area contributed by atoms with Gasteiger partial charge in [-0.2, -0.15) is 0 Å². The lowest BCUT2D eigenvalue weighted by Crippen LogP contribution is -2.34. The number of amides is 2. The number of phenols is 1. The van der Waals surface area contributed by atoms with Crippen LogP contribution >= 0.6 is 11.3 Å². The zero-order valence-electron chi connectivity index (χ0n) is 11.6. The average molecular weight is 318 g/mol. The highest BCUT2D eigenvalue weighted by Gasteiger charge is 2.33. The average Bonchev–Trinajstić information content (AvgIpc) is 3.14. The lowest BCUT2D eigenvalue weighted by atomic mass is 10.2. The molecule has 22 heavy (non-hydrogen) atoms. The van der Waals surface area contributed by atoms with Crippen LogP contribution in [0.4, 0.5) is 9.80 Å². The van der Waals surface area contributed by atoms with Crippen LogP contribution in [-0.4, -0.2) is 36.3 Å². The van der Waals surface area contributed by atoms with Gasteiger partial charge in [-0.25, -0.2) is 4.79 Å². The Morgan fingerprint density at radius 2 is 2.18 bits per heavy atom. The van der Waals surface area contributed by atoms with E-state index in [1.54, 1.807) is 17.0 Å². The Hall–Kier alpha value is -2.54. The molecule has 114 valence electrons. The fourth-order valence-electron chi connectivity index (χ4n) is 2.20. The molecule has 1 aliphatic heterocycles. The van der Waals surface area contributed by atoms with Crippen LogP contribution in [0.25, 0.3) is 0 Å². The normalized spacial score (nSPS) is 17.4. The minimum atomic E-state index is -0.413. The summed E-state index contributed by atoms with van der Waals surface area (Å²) >= 11 is 1.45. The molecular formula is C15H14N2O4S. The standard InChI is InChI=1S/C15H14N2O4S/c18-12-5-2-1-4-11(12)14(19)16-8-10-9-17(15(20)21-10)13-6-3-7-22-13/h1-7,10,18H,8-9H2,(H,16,19). The molecule has 1 aromatic carbocycles. The van der Waals surface area contributed by atoms with Crippen LogP contribution in [-0.2, 0) is 4.74 Å². The summed E-state index contributed by atoms with van der Waals surface area (Å²) in [6, 6.07) is 9.99. The highest BCUT2D eigenvalue weighted by molar-refractivity contribution is 7.14. The molecule has 0 spiro atoms. The summed E-state index contributed by atoms with van der Waals surface area (Å²) < 4.78 is 5.23. The summed E-state index contributed by atoms with van der Waals surface area (Å²) in [6.07, 6.45) is -0.825. The van der Waals surface area contributed by atoms with Crippen molar-refractivity contribution >= 4 is 28.3 Å². The molecule has 2 N–H and O–H groups in total. The number of ether oxygens (including phenoxy) is 1. The van der Waals surface area contributed by atoms with Gasteiger partial charge in [0, 0.05) is 0 Å². The SMILES string of the molecule is O=C(NCC1CN(c2cccs2)C(=O)O1)c1ccccc1O. The van der Waals surface area contributed by atoms with Gasteiger partial charge in [0.15, 0.2) is 0 Å². The zero-order chi connectivity index (χ0) is 15.5. The highest BCUT2D eigenvalue weighted by Crippen LogP contribution is 2.26. The molecule has 1 atom stereocenters. The first-order chi connectivity index (χ1) is 10.6. The van der Waals surface area contributed by atoms with E-state index in [4.69, 9.17) is 4.74 Å². The Morgan fingerprint density at radius 3 is 2.91 bits per heavy atom. The molecule has 0 saturated carbocycles. The molecule has 2 aromatic rings. The second-order valence-corrected chi connectivity index (χ2v) is 5.72. The first-order valence-electron chi connectivity index (χ1n) is 6.73. The second-order valence-electron chi connectivity index (χ2n) is 4.79. The Morgan fingerprint density at radius 1 is 1.36 bits per heavy atom. The monoisotopic (exact) mass is 318 g/mol. The lowest BCUT2D eigenvalue weighted by Gasteiger charge is -2.11. The second kappa shape index (κ2) is 6.07. The van der Waals surface area contributed by atoms with Crippen LogP contribution in [0, 0.1) is 0 Å². The van der Waals surface area contributed by atoms with Crippen molar-refractivity contribution in [2.24, 2.45) is 0 Å². The third-order valence-electron chi connectivity index (χ3n) is 3.29. The number of hydrogen-bond donors (Lipinski definition) is 2. The largest absolute Gasteiger partial charge is 0.507 e. The molecule has 0 radical (unpaired) electrons. The maximum Gasteiger partial charge on any atom is 0.415 e. The molecule has 1 saturated heterocycles. The third-order valence-corrected chi connectivity index (χ3v) is 4.18. The van der Waals surface area contributed by atoms with Gasteiger partial charge in [-0.15, -0.1) is 11.3 Å². The summed E-state index contributed by atoms with van der Waals surface area (Å²) in [7, 11) is 0. The molecule has 6 nitrogen and oxygen atoms in total. The molecule has 1 unspecified atom stereocenters. The zero-order valence-corrected chi connectivity index (χ0v) is 12.4. The Labute approximate surface area is 130 Å². The molecule has 0 bridgehead atoms. The predicted molar refractivity (Wildman–Crippen MR) is 82.4 cm³/mol. The number of phenolic OH excluding ortho intramolecular Hbond substituents is 1. The first kappa shape index (κ1) is 14.4. The molecule has 0 aliphatic carbocycles. The van der Waals surface area contributed by atoms with E-state index in [0.717, 1.165) is 5.00 Å². The Kier molecular flexibility index (Phi) is 3.97. The van der Waals surface area contributed by atoms with Crippen LogP contribution in [0.5, 0.6) is 5.75 Å². The topological polar surface area (TPSA) is 78.9 Å². The van der Waals surface area contributed by atoms with E-state index in [0.29, 0.717) is 6.54 Å². The van der Waals surface area contributed by atoms with Crippen molar-refractivity contribution in [3.05, 3.63) is 47.3 Å². The number of carbonyl (C=O) groups excluding carboxylic acids is 2. The van der Waals surface area contributed by atoms with Crippen LogP contribution < -0.4 is 10.2 Å². The van der Waals surface area contributed by atoms with Gasteiger partial charge in [-0.05, 0) is 29.6 Å². The third kappa shape index (κ3) is 2.89. The first-order valence-corrected chi connectivity index (χ1v) is 7.61. The molecule has 1 fully saturated rings. The highest BCUT2D eigenvalue weighted by atomic mass is 32.1. The summed E-state index contributed by atoms with van der Waals surface area (Å²) in [4.78, 5) is 25.3. The number of thiophene rings is 1. The lowest BCUT2D eigenvalue weighted by molar-refractivity contribution is 0.0913. The number of cyclic esters (lactones) is 1. The van der Waals surface area contributed by atoms with E-state index < -0.39 is 18.1 Å². The minimum Gasteiger partial charge on any atom is -0.507 e. The van der Waals surface area contributed by atoms with Crippen molar-refractivity contribution in [2.75, 3.05) is 18.0 Å². The van der Waals surface area contributed by atoms with Crippen LogP contribution in [0.15, 0.2) is 41.8 Å². The molecule has 1 aliphatic rings. The van der Waals surface area contributed by atoms with Crippen LogP contribution in [0.1, 0.15) is 10.4 Å². The number of anilines is 1. The molecule has 3 rings (SSSR count). The van der Waals surface area contributed by atoms with Gasteiger partial charge in [-0.1, -0.05) is 12.1 Å². The van der Waals surface area contributed by atoms with Gasteiger partial charge in [0.05, 0.1) is 18.7 Å². The number of nitrogens with zero attached hydrogens (tertiary/aromatic N) is 1. The molecule has 7 heteroatoms. The van der Waals surface area contributed by atoms with Gasteiger partial charge in [0.1, 0.15) is 16.9 Å². The molecule has 1 aromatic heterocycles. The van der Waals surface area contributed by atoms with E-state index in [1.807, 2.05) is 17.5 Å². The van der Waals surface area contributed by atoms with Crippen molar-refractivity contribution < 1.29 is 19.4 Å². The smallest absolute Gasteiger partial charge is 0.415 e. The van der Waals surface area contributed by atoms with Crippen molar-refractivity contribution in [3.8, 4) is 5.75 Å². The number of nitrogens with one attached hydrogen (secondary N) is 1. The van der Waals surface area contributed by atoms with Gasteiger partial charge < -0.3 is 15.2 Å². The predicted octanol–water partition coefficient (Wildman–Crippen LogP) is 2.21. The Balaban J connectivity index is 1.58. The fourth-order valence-corrected chi connectivity index (χ4v) is 2.93. The number of benzene rings is 1. The maximum absolute atomic E-state index is 12.0. The van der Waals surface area contributed by atoms with E-state index in [2.05, 4.69) is 5.32 Å². The maximum atomic E-state index is 12.0. The van der Waals surface area contributed by atoms with E-state index in [9.17, 15) is 14.7 Å². The van der Waals surface area contributed by atoms with Crippen molar-refractivity contribution in [1.82, 2.24) is 5.32 Å². The summed E-state index contributed by atoms with van der Waals surface area (Å²) in [5, 5.41) is 15.0. The summed E-state index contributed by atoms with van der Waals surface area (Å²) in [5.74, 6) is -0.479. The number of rotatable bonds is 4. The number of carbonyl (C=O) groups is 2. The molecule has 2 heterocycles. The van der Waals surface area contributed by atoms with Crippen molar-refractivity contribution in [2.45, 2.75) is 6.10 Å². The quantitative estimate of drug-likeness (QED) is 0.906. The van der Waals surface area contributed by atoms with Gasteiger partial charge in [0.2, 0.25) is 0 Å².